The predicted octanol–water partition coefficient (Wildman–Crippen LogP) is 3.63. The van der Waals surface area contributed by atoms with Crippen molar-refractivity contribution in [3.8, 4) is 11.5 Å². The number of aryl methyl sites for hydroxylation is 1. The molecular weight excluding hydrogens is 277 g/mol. The van der Waals surface area contributed by atoms with Crippen molar-refractivity contribution in [3.05, 3.63) is 63.5 Å². The summed E-state index contributed by atoms with van der Waals surface area (Å²) in [6.07, 6.45) is 0. The fourth-order valence-corrected chi connectivity index (χ4v) is 1.80. The standard InChI is InChI=1S/C15H14FNO4/c1-10-3-5-12(8-13(10)16)21-9-11-4-6-15(20-2)14(7-11)17(18)19/h3-8H,9H2,1-2H3. The summed E-state index contributed by atoms with van der Waals surface area (Å²) in [5, 5.41) is 10.9. The Morgan fingerprint density at radius 2 is 2.00 bits per heavy atom. The summed E-state index contributed by atoms with van der Waals surface area (Å²) in [4.78, 5) is 10.4. The Kier molecular flexibility index (Phi) is 4.37. The molecule has 0 N–H and O–H groups in total. The minimum Gasteiger partial charge on any atom is -0.490 e. The Morgan fingerprint density at radius 1 is 1.24 bits per heavy atom. The maximum absolute atomic E-state index is 13.4. The lowest BCUT2D eigenvalue weighted by Gasteiger charge is -2.08. The van der Waals surface area contributed by atoms with Crippen LogP contribution in [0.3, 0.4) is 0 Å². The van der Waals surface area contributed by atoms with Gasteiger partial charge in [-0.05, 0) is 30.2 Å². The summed E-state index contributed by atoms with van der Waals surface area (Å²) in [6.45, 7) is 1.76. The number of hydrogen-bond acceptors (Lipinski definition) is 4. The van der Waals surface area contributed by atoms with Crippen LogP contribution in [0.5, 0.6) is 11.5 Å². The quantitative estimate of drug-likeness (QED) is 0.623. The Hall–Kier alpha value is -2.63. The third-order valence-electron chi connectivity index (χ3n) is 2.99. The second-order valence-electron chi connectivity index (χ2n) is 4.46. The first-order valence-corrected chi connectivity index (χ1v) is 6.21. The van der Waals surface area contributed by atoms with E-state index in [1.807, 2.05) is 0 Å². The third-order valence-corrected chi connectivity index (χ3v) is 2.99. The van der Waals surface area contributed by atoms with Crippen molar-refractivity contribution in [2.24, 2.45) is 0 Å². The zero-order valence-electron chi connectivity index (χ0n) is 11.6. The van der Waals surface area contributed by atoms with Gasteiger partial charge in [0.1, 0.15) is 18.2 Å². The molecule has 5 nitrogen and oxygen atoms in total. The molecule has 0 amide bonds. The molecule has 0 heterocycles. The van der Waals surface area contributed by atoms with Gasteiger partial charge in [0.2, 0.25) is 0 Å². The van der Waals surface area contributed by atoms with Crippen LogP contribution in [0.15, 0.2) is 36.4 Å². The summed E-state index contributed by atoms with van der Waals surface area (Å²) in [7, 11) is 1.37. The second-order valence-corrected chi connectivity index (χ2v) is 4.46. The van der Waals surface area contributed by atoms with Crippen molar-refractivity contribution >= 4 is 5.69 Å². The van der Waals surface area contributed by atoms with Crippen molar-refractivity contribution < 1.29 is 18.8 Å². The van der Waals surface area contributed by atoms with E-state index in [0.29, 0.717) is 16.9 Å². The lowest BCUT2D eigenvalue weighted by atomic mass is 10.2. The number of nitro benzene ring substituents is 1. The molecule has 0 aliphatic heterocycles. The van der Waals surface area contributed by atoms with Crippen molar-refractivity contribution in [1.29, 1.82) is 0 Å². The maximum Gasteiger partial charge on any atom is 0.311 e. The zero-order valence-corrected chi connectivity index (χ0v) is 11.6. The molecular formula is C15H14FNO4. The molecule has 0 spiro atoms. The highest BCUT2D eigenvalue weighted by atomic mass is 19.1. The Bertz CT molecular complexity index is 673. The van der Waals surface area contributed by atoms with Crippen LogP contribution in [-0.4, -0.2) is 12.0 Å². The first-order valence-electron chi connectivity index (χ1n) is 6.21. The van der Waals surface area contributed by atoms with Crippen molar-refractivity contribution in [2.45, 2.75) is 13.5 Å². The Morgan fingerprint density at radius 3 is 2.62 bits per heavy atom. The first kappa shape index (κ1) is 14.8. The van der Waals surface area contributed by atoms with Gasteiger partial charge < -0.3 is 9.47 Å². The van der Waals surface area contributed by atoms with Crippen LogP contribution >= 0.6 is 0 Å². The zero-order chi connectivity index (χ0) is 15.4. The minimum atomic E-state index is -0.520. The molecule has 0 aliphatic rings. The van der Waals surface area contributed by atoms with Gasteiger partial charge in [0.25, 0.3) is 0 Å². The number of halogens is 1. The highest BCUT2D eigenvalue weighted by Gasteiger charge is 2.15. The molecule has 110 valence electrons. The van der Waals surface area contributed by atoms with Crippen LogP contribution in [-0.2, 0) is 6.61 Å². The monoisotopic (exact) mass is 291 g/mol. The molecule has 2 rings (SSSR count). The Labute approximate surface area is 121 Å². The van der Waals surface area contributed by atoms with Gasteiger partial charge in [0.05, 0.1) is 12.0 Å². The number of rotatable bonds is 5. The van der Waals surface area contributed by atoms with Gasteiger partial charge >= 0.3 is 5.69 Å². The number of hydrogen-bond donors (Lipinski definition) is 0. The van der Waals surface area contributed by atoms with Crippen LogP contribution in [0.1, 0.15) is 11.1 Å². The van der Waals surface area contributed by atoms with Gasteiger partial charge in [-0.2, -0.15) is 0 Å². The molecule has 0 fully saturated rings. The van der Waals surface area contributed by atoms with Crippen LogP contribution in [0, 0.1) is 22.9 Å². The third kappa shape index (κ3) is 3.47. The van der Waals surface area contributed by atoms with Gasteiger partial charge in [0.15, 0.2) is 5.75 Å². The minimum absolute atomic E-state index is 0.104. The molecule has 2 aromatic rings. The van der Waals surface area contributed by atoms with E-state index in [-0.39, 0.29) is 23.9 Å². The Balaban J connectivity index is 2.14. The molecule has 0 aliphatic carbocycles. The number of methoxy groups -OCH3 is 1. The molecule has 0 saturated heterocycles. The van der Waals surface area contributed by atoms with E-state index in [4.69, 9.17) is 9.47 Å². The molecule has 6 heteroatoms. The van der Waals surface area contributed by atoms with E-state index in [2.05, 4.69) is 0 Å². The lowest BCUT2D eigenvalue weighted by Crippen LogP contribution is -1.99. The van der Waals surface area contributed by atoms with Crippen molar-refractivity contribution in [2.75, 3.05) is 7.11 Å². The molecule has 2 aromatic carbocycles. The highest BCUT2D eigenvalue weighted by Crippen LogP contribution is 2.28. The summed E-state index contributed by atoms with van der Waals surface area (Å²) in [5.41, 5.74) is 1.000. The summed E-state index contributed by atoms with van der Waals surface area (Å²) < 4.78 is 23.7. The molecule has 0 saturated carbocycles. The summed E-state index contributed by atoms with van der Waals surface area (Å²) >= 11 is 0. The van der Waals surface area contributed by atoms with Crippen molar-refractivity contribution in [1.82, 2.24) is 0 Å². The van der Waals surface area contributed by atoms with Crippen molar-refractivity contribution in [3.63, 3.8) is 0 Å². The summed E-state index contributed by atoms with van der Waals surface area (Å²) in [5.74, 6) is 0.204. The molecule has 21 heavy (non-hydrogen) atoms. The van der Waals surface area contributed by atoms with E-state index in [0.717, 1.165) is 0 Å². The molecule has 0 atom stereocenters. The molecule has 0 bridgehead atoms. The van der Waals surface area contributed by atoms with Crippen LogP contribution in [0.2, 0.25) is 0 Å². The lowest BCUT2D eigenvalue weighted by molar-refractivity contribution is -0.385. The average molecular weight is 291 g/mol. The smallest absolute Gasteiger partial charge is 0.311 e. The van der Waals surface area contributed by atoms with Gasteiger partial charge in [-0.3, -0.25) is 10.1 Å². The average Bonchev–Trinajstić information content (AvgIpc) is 2.48. The van der Waals surface area contributed by atoms with E-state index in [1.54, 1.807) is 25.1 Å². The maximum atomic E-state index is 13.4. The molecule has 0 aromatic heterocycles. The fraction of sp³-hybridized carbons (Fsp3) is 0.200. The SMILES string of the molecule is COc1ccc(COc2ccc(C)c(F)c2)cc1[N+](=O)[O-]. The number of nitro groups is 1. The topological polar surface area (TPSA) is 61.6 Å². The number of nitrogens with zero attached hydrogens (tertiary/aromatic N) is 1. The van der Waals surface area contributed by atoms with E-state index < -0.39 is 4.92 Å². The number of ether oxygens (including phenoxy) is 2. The van der Waals surface area contributed by atoms with Crippen LogP contribution in [0.25, 0.3) is 0 Å². The van der Waals surface area contributed by atoms with E-state index >= 15 is 0 Å². The first-order chi connectivity index (χ1) is 10.0. The largest absolute Gasteiger partial charge is 0.490 e. The van der Waals surface area contributed by atoms with Gasteiger partial charge in [-0.15, -0.1) is 0 Å². The van der Waals surface area contributed by atoms with Crippen LogP contribution < -0.4 is 9.47 Å². The predicted molar refractivity (Wildman–Crippen MR) is 75.1 cm³/mol. The summed E-state index contributed by atoms with van der Waals surface area (Å²) in [6, 6.07) is 9.09. The fourth-order valence-electron chi connectivity index (χ4n) is 1.80. The van der Waals surface area contributed by atoms with E-state index in [9.17, 15) is 14.5 Å². The van der Waals surface area contributed by atoms with Gasteiger partial charge in [0, 0.05) is 12.1 Å². The van der Waals surface area contributed by atoms with Gasteiger partial charge in [-0.1, -0.05) is 12.1 Å². The van der Waals surface area contributed by atoms with Crippen LogP contribution in [0.4, 0.5) is 10.1 Å². The molecule has 0 unspecified atom stereocenters. The number of benzene rings is 2. The molecule has 0 radical (unpaired) electrons. The van der Waals surface area contributed by atoms with E-state index in [1.165, 1.54) is 25.3 Å². The highest BCUT2D eigenvalue weighted by molar-refractivity contribution is 5.48. The normalized spacial score (nSPS) is 10.2. The van der Waals surface area contributed by atoms with Gasteiger partial charge in [-0.25, -0.2) is 4.39 Å². The second kappa shape index (κ2) is 6.21.